The van der Waals surface area contributed by atoms with Crippen LogP contribution in [0, 0.1) is 0 Å². The average molecular weight is 252 g/mol. The van der Waals surface area contributed by atoms with Crippen LogP contribution in [-0.4, -0.2) is 11.3 Å². The van der Waals surface area contributed by atoms with Crippen LogP contribution >= 0.6 is 7.92 Å². The summed E-state index contributed by atoms with van der Waals surface area (Å²) in [6, 6.07) is 0. The second-order valence-electron chi connectivity index (χ2n) is 5.82. The zero-order valence-electron chi connectivity index (χ0n) is 11.8. The zero-order valence-corrected chi connectivity index (χ0v) is 12.6. The van der Waals surface area contributed by atoms with E-state index in [4.69, 9.17) is 0 Å². The maximum absolute atomic E-state index is 2.78. The van der Waals surface area contributed by atoms with E-state index in [0.717, 1.165) is 11.3 Å². The molecule has 0 aromatic heterocycles. The van der Waals surface area contributed by atoms with Gasteiger partial charge in [0, 0.05) is 0 Å². The van der Waals surface area contributed by atoms with Crippen LogP contribution in [0.3, 0.4) is 0 Å². The van der Waals surface area contributed by atoms with Crippen LogP contribution in [0.15, 0.2) is 11.4 Å². The smallest absolute Gasteiger partial charge is 0.0172 e. The van der Waals surface area contributed by atoms with Crippen LogP contribution in [0.5, 0.6) is 0 Å². The molecule has 0 nitrogen and oxygen atoms in total. The lowest BCUT2D eigenvalue weighted by Gasteiger charge is -2.28. The van der Waals surface area contributed by atoms with Gasteiger partial charge >= 0.3 is 0 Å². The highest BCUT2D eigenvalue weighted by atomic mass is 31.1. The highest BCUT2D eigenvalue weighted by molar-refractivity contribution is 7.62. The molecule has 0 aromatic carbocycles. The highest BCUT2D eigenvalue weighted by Crippen LogP contribution is 2.58. The van der Waals surface area contributed by atoms with Gasteiger partial charge in [-0.15, -0.1) is 0 Å². The van der Waals surface area contributed by atoms with Gasteiger partial charge in [0.2, 0.25) is 0 Å². The van der Waals surface area contributed by atoms with Gasteiger partial charge in [-0.2, -0.15) is 0 Å². The molecular formula is C16H29P. The van der Waals surface area contributed by atoms with Crippen molar-refractivity contribution >= 4 is 7.92 Å². The molecule has 0 spiro atoms. The summed E-state index contributed by atoms with van der Waals surface area (Å²) in [5, 5.41) is 0. The topological polar surface area (TPSA) is 0 Å². The van der Waals surface area contributed by atoms with Crippen molar-refractivity contribution in [3.8, 4) is 0 Å². The summed E-state index contributed by atoms with van der Waals surface area (Å²) < 4.78 is 0. The quantitative estimate of drug-likeness (QED) is 0.522. The van der Waals surface area contributed by atoms with Gasteiger partial charge in [0.05, 0.1) is 0 Å². The highest BCUT2D eigenvalue weighted by Gasteiger charge is 2.31. The van der Waals surface area contributed by atoms with Gasteiger partial charge in [0.25, 0.3) is 0 Å². The molecule has 0 heterocycles. The summed E-state index contributed by atoms with van der Waals surface area (Å²) in [7, 11) is 0.224. The van der Waals surface area contributed by atoms with Gasteiger partial charge < -0.3 is 0 Å². The zero-order chi connectivity index (χ0) is 12.1. The Kier molecular flexibility index (Phi) is 5.54. The minimum absolute atomic E-state index is 0.224. The van der Waals surface area contributed by atoms with E-state index in [0.29, 0.717) is 0 Å². The lowest BCUT2D eigenvalue weighted by molar-refractivity contribution is 0.833. The van der Waals surface area contributed by atoms with Gasteiger partial charge in [-0.3, -0.25) is 0 Å². The molecule has 2 fully saturated rings. The maximum atomic E-state index is 2.78. The summed E-state index contributed by atoms with van der Waals surface area (Å²) >= 11 is 0. The molecule has 0 bridgehead atoms. The minimum Gasteiger partial charge on any atom is -0.0769 e. The van der Waals surface area contributed by atoms with Crippen LogP contribution in [0.1, 0.15) is 78.1 Å². The van der Waals surface area contributed by atoms with E-state index in [1.807, 2.05) is 0 Å². The summed E-state index contributed by atoms with van der Waals surface area (Å²) in [5.74, 6) is 2.78. The summed E-state index contributed by atoms with van der Waals surface area (Å²) in [6.45, 7) is 4.68. The van der Waals surface area contributed by atoms with Crippen molar-refractivity contribution in [2.45, 2.75) is 89.4 Å². The maximum Gasteiger partial charge on any atom is -0.0172 e. The number of allylic oxidation sites excluding steroid dienone is 1. The Morgan fingerprint density at radius 1 is 0.882 bits per heavy atom. The van der Waals surface area contributed by atoms with Gasteiger partial charge in [0.1, 0.15) is 0 Å². The van der Waals surface area contributed by atoms with Crippen molar-refractivity contribution in [2.75, 3.05) is 0 Å². The van der Waals surface area contributed by atoms with Gasteiger partial charge in [0.15, 0.2) is 0 Å². The standard InChI is InChI=1S/C16H29P/c1-3-14(4-2)13-17(15-9-5-6-10-15)16-11-7-8-12-16/h13,15-16H,3-12H2,1-2H3. The molecule has 0 atom stereocenters. The average Bonchev–Trinajstić information content (AvgIpc) is 3.03. The monoisotopic (exact) mass is 252 g/mol. The Morgan fingerprint density at radius 2 is 1.29 bits per heavy atom. The van der Waals surface area contributed by atoms with Crippen LogP contribution in [0.4, 0.5) is 0 Å². The third-order valence-electron chi connectivity index (χ3n) is 4.73. The molecule has 0 radical (unpaired) electrons. The third-order valence-corrected chi connectivity index (χ3v) is 8.12. The normalized spacial score (nSPS) is 22.5. The molecule has 0 amide bonds. The van der Waals surface area contributed by atoms with Crippen molar-refractivity contribution < 1.29 is 0 Å². The van der Waals surface area contributed by atoms with E-state index < -0.39 is 0 Å². The lowest BCUT2D eigenvalue weighted by Crippen LogP contribution is -2.08. The van der Waals surface area contributed by atoms with Crippen molar-refractivity contribution in [1.82, 2.24) is 0 Å². The van der Waals surface area contributed by atoms with E-state index in [1.165, 1.54) is 38.5 Å². The SMILES string of the molecule is CCC(=CP(C1CCCC1)C1CCCC1)CC. The number of hydrogen-bond donors (Lipinski definition) is 0. The predicted molar refractivity (Wildman–Crippen MR) is 80.1 cm³/mol. The van der Waals surface area contributed by atoms with E-state index in [9.17, 15) is 0 Å². The summed E-state index contributed by atoms with van der Waals surface area (Å²) in [5.41, 5.74) is 3.94. The molecule has 0 saturated heterocycles. The van der Waals surface area contributed by atoms with Crippen LogP contribution < -0.4 is 0 Å². The molecular weight excluding hydrogens is 223 g/mol. The molecule has 98 valence electrons. The molecule has 17 heavy (non-hydrogen) atoms. The molecule has 2 rings (SSSR count). The summed E-state index contributed by atoms with van der Waals surface area (Å²) in [6.07, 6.45) is 14.8. The van der Waals surface area contributed by atoms with Crippen molar-refractivity contribution in [3.63, 3.8) is 0 Å². The summed E-state index contributed by atoms with van der Waals surface area (Å²) in [4.78, 5) is 0. The minimum atomic E-state index is 0.224. The Hall–Kier alpha value is 0.170. The largest absolute Gasteiger partial charge is 0.0769 e. The predicted octanol–water partition coefficient (Wildman–Crippen LogP) is 6.06. The molecule has 0 aliphatic heterocycles. The van der Waals surface area contributed by atoms with Crippen LogP contribution in [0.2, 0.25) is 0 Å². The van der Waals surface area contributed by atoms with Gasteiger partial charge in [-0.1, -0.05) is 58.8 Å². The fraction of sp³-hybridized carbons (Fsp3) is 0.875. The van der Waals surface area contributed by atoms with E-state index in [2.05, 4.69) is 19.7 Å². The van der Waals surface area contributed by atoms with Crippen molar-refractivity contribution in [1.29, 1.82) is 0 Å². The van der Waals surface area contributed by atoms with E-state index in [1.54, 1.807) is 31.3 Å². The molecule has 1 heteroatoms. The second-order valence-corrected chi connectivity index (χ2v) is 8.43. The molecule has 2 saturated carbocycles. The Bertz CT molecular complexity index is 222. The van der Waals surface area contributed by atoms with Crippen LogP contribution in [-0.2, 0) is 0 Å². The van der Waals surface area contributed by atoms with Gasteiger partial charge in [-0.05, 0) is 49.8 Å². The first-order valence-corrected chi connectivity index (χ1v) is 9.37. The molecule has 0 aromatic rings. The first-order valence-electron chi connectivity index (χ1n) is 7.82. The van der Waals surface area contributed by atoms with Crippen LogP contribution in [0.25, 0.3) is 0 Å². The Morgan fingerprint density at radius 3 is 1.65 bits per heavy atom. The molecule has 0 N–H and O–H groups in total. The van der Waals surface area contributed by atoms with Crippen molar-refractivity contribution in [3.05, 3.63) is 11.4 Å². The lowest BCUT2D eigenvalue weighted by atomic mass is 10.2. The van der Waals surface area contributed by atoms with E-state index >= 15 is 0 Å². The fourth-order valence-electron chi connectivity index (χ4n) is 3.56. The third kappa shape index (κ3) is 3.57. The molecule has 2 aliphatic rings. The Balaban J connectivity index is 2.07. The molecule has 0 unspecified atom stereocenters. The Labute approximate surface area is 109 Å². The second kappa shape index (κ2) is 6.93. The first-order chi connectivity index (χ1) is 8.35. The number of rotatable bonds is 5. The van der Waals surface area contributed by atoms with Gasteiger partial charge in [-0.25, -0.2) is 0 Å². The number of hydrogen-bond acceptors (Lipinski definition) is 0. The van der Waals surface area contributed by atoms with Crippen molar-refractivity contribution in [2.24, 2.45) is 0 Å². The molecule has 2 aliphatic carbocycles. The first kappa shape index (κ1) is 13.6. The fourth-order valence-corrected chi connectivity index (χ4v) is 7.28. The van der Waals surface area contributed by atoms with E-state index in [-0.39, 0.29) is 7.92 Å².